The molecular formula is C22H32N4. The topological polar surface area (TPSA) is 31.4 Å². The third kappa shape index (κ3) is 5.29. The fourth-order valence-corrected chi connectivity index (χ4v) is 3.68. The fraction of sp³-hybridized carbons (Fsp3) is 0.500. The first-order valence-corrected chi connectivity index (χ1v) is 9.86. The Morgan fingerprint density at radius 2 is 1.73 bits per heavy atom. The van der Waals surface area contributed by atoms with Crippen molar-refractivity contribution in [2.24, 2.45) is 0 Å². The third-order valence-corrected chi connectivity index (χ3v) is 5.20. The molecule has 2 aromatic rings. The lowest BCUT2D eigenvalue weighted by molar-refractivity contribution is 0.199. The van der Waals surface area contributed by atoms with Crippen molar-refractivity contribution >= 4 is 5.82 Å². The molecule has 1 aromatic heterocycles. The third-order valence-electron chi connectivity index (χ3n) is 5.20. The highest BCUT2D eigenvalue weighted by Gasteiger charge is 2.21. The number of rotatable bonds is 7. The Bertz CT molecular complexity index is 631. The summed E-state index contributed by atoms with van der Waals surface area (Å²) in [7, 11) is 4.04. The summed E-state index contributed by atoms with van der Waals surface area (Å²) in [5.74, 6) is 1.00. The molecule has 0 spiro atoms. The standard InChI is InChI=1S/C22H32N4/c1-25(2)22-13-12-19(17-24-22)16-23-18-21(20-10-6-5-7-11-20)26-14-8-3-4-9-15-26/h5-7,10-13,17,21,23H,3-4,8-9,14-16,18H2,1-2H3. The second-order valence-corrected chi connectivity index (χ2v) is 7.43. The molecule has 2 heterocycles. The van der Waals surface area contributed by atoms with Crippen LogP contribution in [-0.4, -0.2) is 43.6 Å². The second-order valence-electron chi connectivity index (χ2n) is 7.43. The fourth-order valence-electron chi connectivity index (χ4n) is 3.68. The van der Waals surface area contributed by atoms with E-state index >= 15 is 0 Å². The van der Waals surface area contributed by atoms with Crippen molar-refractivity contribution in [2.75, 3.05) is 38.6 Å². The van der Waals surface area contributed by atoms with E-state index in [-0.39, 0.29) is 0 Å². The van der Waals surface area contributed by atoms with Crippen LogP contribution in [-0.2, 0) is 6.54 Å². The van der Waals surface area contributed by atoms with Gasteiger partial charge in [0.05, 0.1) is 0 Å². The van der Waals surface area contributed by atoms with Crippen molar-refractivity contribution in [1.82, 2.24) is 15.2 Å². The summed E-state index contributed by atoms with van der Waals surface area (Å²) < 4.78 is 0. The van der Waals surface area contributed by atoms with E-state index in [1.807, 2.05) is 25.2 Å². The number of hydrogen-bond acceptors (Lipinski definition) is 4. The number of nitrogens with one attached hydrogen (secondary N) is 1. The van der Waals surface area contributed by atoms with Gasteiger partial charge in [0.15, 0.2) is 0 Å². The summed E-state index contributed by atoms with van der Waals surface area (Å²) in [6, 6.07) is 15.7. The van der Waals surface area contributed by atoms with Crippen LogP contribution in [0.15, 0.2) is 48.7 Å². The van der Waals surface area contributed by atoms with Gasteiger partial charge in [0.2, 0.25) is 0 Å². The summed E-state index contributed by atoms with van der Waals surface area (Å²) in [6.45, 7) is 4.25. The molecule has 4 nitrogen and oxygen atoms in total. The Hall–Kier alpha value is -1.91. The molecule has 1 aromatic carbocycles. The Labute approximate surface area is 158 Å². The number of hydrogen-bond donors (Lipinski definition) is 1. The Kier molecular flexibility index (Phi) is 7.04. The van der Waals surface area contributed by atoms with E-state index in [2.05, 4.69) is 57.7 Å². The first-order valence-electron chi connectivity index (χ1n) is 9.86. The summed E-state index contributed by atoms with van der Waals surface area (Å²) >= 11 is 0. The minimum atomic E-state index is 0.448. The van der Waals surface area contributed by atoms with Crippen molar-refractivity contribution in [1.29, 1.82) is 0 Å². The summed E-state index contributed by atoms with van der Waals surface area (Å²) in [4.78, 5) is 9.21. The molecule has 1 N–H and O–H groups in total. The lowest BCUT2D eigenvalue weighted by Crippen LogP contribution is -2.36. The first kappa shape index (κ1) is 18.9. The molecule has 1 saturated heterocycles. The van der Waals surface area contributed by atoms with Gasteiger partial charge in [-0.1, -0.05) is 49.2 Å². The molecule has 0 saturated carbocycles. The number of likely N-dealkylation sites (tertiary alicyclic amines) is 1. The van der Waals surface area contributed by atoms with Crippen molar-refractivity contribution < 1.29 is 0 Å². The molecule has 140 valence electrons. The van der Waals surface area contributed by atoms with E-state index in [9.17, 15) is 0 Å². The van der Waals surface area contributed by atoms with Crippen LogP contribution in [0, 0.1) is 0 Å². The smallest absolute Gasteiger partial charge is 0.127 e. The van der Waals surface area contributed by atoms with E-state index in [1.165, 1.54) is 49.9 Å². The zero-order valence-corrected chi connectivity index (χ0v) is 16.2. The molecule has 1 unspecified atom stereocenters. The molecule has 0 amide bonds. The minimum absolute atomic E-state index is 0.448. The molecule has 0 radical (unpaired) electrons. The van der Waals surface area contributed by atoms with Crippen LogP contribution < -0.4 is 10.2 Å². The molecular weight excluding hydrogens is 320 g/mol. The van der Waals surface area contributed by atoms with Gasteiger partial charge >= 0.3 is 0 Å². The van der Waals surface area contributed by atoms with Crippen LogP contribution in [0.3, 0.4) is 0 Å². The molecule has 1 aliphatic rings. The predicted molar refractivity (Wildman–Crippen MR) is 109 cm³/mol. The average molecular weight is 353 g/mol. The van der Waals surface area contributed by atoms with E-state index in [4.69, 9.17) is 0 Å². The van der Waals surface area contributed by atoms with Crippen LogP contribution in [0.4, 0.5) is 5.82 Å². The van der Waals surface area contributed by atoms with Crippen molar-refractivity contribution in [3.8, 4) is 0 Å². The molecule has 0 aliphatic carbocycles. The summed E-state index contributed by atoms with van der Waals surface area (Å²) in [5, 5.41) is 3.67. The summed E-state index contributed by atoms with van der Waals surface area (Å²) in [5.41, 5.74) is 2.65. The van der Waals surface area contributed by atoms with Gasteiger partial charge in [-0.05, 0) is 43.1 Å². The maximum Gasteiger partial charge on any atom is 0.127 e. The van der Waals surface area contributed by atoms with Crippen molar-refractivity contribution in [3.63, 3.8) is 0 Å². The van der Waals surface area contributed by atoms with Crippen LogP contribution in [0.25, 0.3) is 0 Å². The predicted octanol–water partition coefficient (Wildman–Crippen LogP) is 3.85. The SMILES string of the molecule is CN(C)c1ccc(CNCC(c2ccccc2)N2CCCCCC2)cn1. The Morgan fingerprint density at radius 3 is 2.35 bits per heavy atom. The van der Waals surface area contributed by atoms with Gasteiger partial charge in [0.25, 0.3) is 0 Å². The minimum Gasteiger partial charge on any atom is -0.363 e. The quantitative estimate of drug-likeness (QED) is 0.820. The molecule has 1 aliphatic heterocycles. The molecule has 26 heavy (non-hydrogen) atoms. The number of nitrogens with zero attached hydrogens (tertiary/aromatic N) is 3. The molecule has 1 fully saturated rings. The van der Waals surface area contributed by atoms with Gasteiger partial charge < -0.3 is 10.2 Å². The van der Waals surface area contributed by atoms with Crippen molar-refractivity contribution in [2.45, 2.75) is 38.3 Å². The average Bonchev–Trinajstić information content (AvgIpc) is 2.95. The number of pyridine rings is 1. The highest BCUT2D eigenvalue weighted by atomic mass is 15.2. The number of anilines is 1. The largest absolute Gasteiger partial charge is 0.363 e. The van der Waals surface area contributed by atoms with Crippen LogP contribution >= 0.6 is 0 Å². The van der Waals surface area contributed by atoms with E-state index in [0.29, 0.717) is 6.04 Å². The molecule has 0 bridgehead atoms. The first-order chi connectivity index (χ1) is 12.7. The van der Waals surface area contributed by atoms with Gasteiger partial charge in [0.1, 0.15) is 5.82 Å². The highest BCUT2D eigenvalue weighted by molar-refractivity contribution is 5.37. The van der Waals surface area contributed by atoms with E-state index in [0.717, 1.165) is 18.9 Å². The van der Waals surface area contributed by atoms with Crippen LogP contribution in [0.1, 0.15) is 42.9 Å². The van der Waals surface area contributed by atoms with Gasteiger partial charge in [-0.25, -0.2) is 4.98 Å². The monoisotopic (exact) mass is 352 g/mol. The van der Waals surface area contributed by atoms with Gasteiger partial charge in [-0.3, -0.25) is 4.90 Å². The van der Waals surface area contributed by atoms with Gasteiger partial charge in [-0.15, -0.1) is 0 Å². The number of benzene rings is 1. The molecule has 1 atom stereocenters. The maximum absolute atomic E-state index is 4.51. The van der Waals surface area contributed by atoms with Crippen LogP contribution in [0.5, 0.6) is 0 Å². The lowest BCUT2D eigenvalue weighted by Gasteiger charge is -2.31. The number of aromatic nitrogens is 1. The van der Waals surface area contributed by atoms with E-state index < -0.39 is 0 Å². The van der Waals surface area contributed by atoms with Crippen molar-refractivity contribution in [3.05, 3.63) is 59.8 Å². The molecule has 4 heteroatoms. The summed E-state index contributed by atoms with van der Waals surface area (Å²) in [6.07, 6.45) is 7.36. The van der Waals surface area contributed by atoms with Crippen LogP contribution in [0.2, 0.25) is 0 Å². The van der Waals surface area contributed by atoms with Gasteiger partial charge in [0, 0.05) is 39.4 Å². The van der Waals surface area contributed by atoms with Gasteiger partial charge in [-0.2, -0.15) is 0 Å². The maximum atomic E-state index is 4.51. The molecule has 3 rings (SSSR count). The Morgan fingerprint density at radius 1 is 1.00 bits per heavy atom. The normalized spacial score (nSPS) is 16.8. The highest BCUT2D eigenvalue weighted by Crippen LogP contribution is 2.23. The Balaban J connectivity index is 1.62. The van der Waals surface area contributed by atoms with E-state index in [1.54, 1.807) is 0 Å². The second kappa shape index (κ2) is 9.70. The lowest BCUT2D eigenvalue weighted by atomic mass is 10.0. The zero-order valence-electron chi connectivity index (χ0n) is 16.2. The zero-order chi connectivity index (χ0) is 18.2.